The molecule has 1 aromatic heterocycles. The summed E-state index contributed by atoms with van der Waals surface area (Å²) < 4.78 is 1.99. The van der Waals surface area contributed by atoms with E-state index in [1.165, 1.54) is 31.2 Å². The second-order valence-electron chi connectivity index (χ2n) is 6.86. The summed E-state index contributed by atoms with van der Waals surface area (Å²) >= 11 is 0. The molecule has 1 aliphatic rings. The van der Waals surface area contributed by atoms with Crippen molar-refractivity contribution in [2.24, 2.45) is 12.0 Å². The van der Waals surface area contributed by atoms with Gasteiger partial charge in [-0.05, 0) is 25.3 Å². The molecule has 0 aliphatic heterocycles. The number of hydrogen-bond donors (Lipinski definition) is 2. The Morgan fingerprint density at radius 2 is 1.88 bits per heavy atom. The second-order valence-corrected chi connectivity index (χ2v) is 6.86. The summed E-state index contributed by atoms with van der Waals surface area (Å²) in [5.74, 6) is 2.62. The van der Waals surface area contributed by atoms with Crippen LogP contribution in [0, 0.1) is 6.92 Å². The number of aromatic nitrogens is 3. The van der Waals surface area contributed by atoms with E-state index >= 15 is 0 Å². The third kappa shape index (κ3) is 3.83. The van der Waals surface area contributed by atoms with Gasteiger partial charge in [-0.15, -0.1) is 10.2 Å². The van der Waals surface area contributed by atoms with E-state index in [2.05, 4.69) is 56.2 Å². The van der Waals surface area contributed by atoms with Gasteiger partial charge < -0.3 is 15.2 Å². The Morgan fingerprint density at radius 1 is 1.16 bits per heavy atom. The standard InChI is InChI=1S/C19H28N6/c1-15-23-24-17(25(15)3)13-21-18(20-2)22-14-19(11-7-8-12-19)16-9-5-4-6-10-16/h4-6,9-10H,7-8,11-14H2,1-3H3,(H2,20,21,22). The van der Waals surface area contributed by atoms with Crippen molar-refractivity contribution in [2.75, 3.05) is 13.6 Å². The number of nitrogens with zero attached hydrogens (tertiary/aromatic N) is 4. The molecule has 25 heavy (non-hydrogen) atoms. The number of nitrogens with one attached hydrogen (secondary N) is 2. The Morgan fingerprint density at radius 3 is 2.48 bits per heavy atom. The molecule has 0 radical (unpaired) electrons. The van der Waals surface area contributed by atoms with E-state index in [9.17, 15) is 0 Å². The van der Waals surface area contributed by atoms with Gasteiger partial charge >= 0.3 is 0 Å². The van der Waals surface area contributed by atoms with E-state index in [1.54, 1.807) is 7.05 Å². The molecule has 0 amide bonds. The van der Waals surface area contributed by atoms with Crippen LogP contribution in [0.1, 0.15) is 42.9 Å². The highest BCUT2D eigenvalue weighted by molar-refractivity contribution is 5.79. The molecule has 3 rings (SSSR count). The molecular formula is C19H28N6. The molecule has 2 aromatic rings. The summed E-state index contributed by atoms with van der Waals surface area (Å²) in [5.41, 5.74) is 1.64. The van der Waals surface area contributed by atoms with E-state index in [1.807, 2.05) is 18.5 Å². The minimum absolute atomic E-state index is 0.209. The van der Waals surface area contributed by atoms with Gasteiger partial charge in [-0.3, -0.25) is 4.99 Å². The monoisotopic (exact) mass is 340 g/mol. The van der Waals surface area contributed by atoms with Gasteiger partial charge in [0.2, 0.25) is 0 Å². The largest absolute Gasteiger partial charge is 0.356 e. The molecule has 1 saturated carbocycles. The number of aliphatic imine (C=N–C) groups is 1. The third-order valence-electron chi connectivity index (χ3n) is 5.36. The molecule has 2 N–H and O–H groups in total. The lowest BCUT2D eigenvalue weighted by Crippen LogP contribution is -2.44. The molecule has 0 atom stereocenters. The molecule has 6 nitrogen and oxygen atoms in total. The van der Waals surface area contributed by atoms with E-state index in [4.69, 9.17) is 0 Å². The van der Waals surface area contributed by atoms with Crippen molar-refractivity contribution in [3.05, 3.63) is 47.5 Å². The maximum absolute atomic E-state index is 4.36. The zero-order valence-corrected chi connectivity index (χ0v) is 15.4. The van der Waals surface area contributed by atoms with Crippen LogP contribution in [-0.2, 0) is 19.0 Å². The Kier molecular flexibility index (Phi) is 5.36. The lowest BCUT2D eigenvalue weighted by molar-refractivity contribution is 0.431. The SMILES string of the molecule is CN=C(NCc1nnc(C)n1C)NCC1(c2ccccc2)CCCC1. The van der Waals surface area contributed by atoms with Crippen LogP contribution in [0.5, 0.6) is 0 Å². The molecule has 0 saturated heterocycles. The van der Waals surface area contributed by atoms with Crippen LogP contribution in [0.4, 0.5) is 0 Å². The van der Waals surface area contributed by atoms with Crippen molar-refractivity contribution in [3.8, 4) is 0 Å². The number of aryl methyl sites for hydroxylation is 1. The zero-order valence-electron chi connectivity index (χ0n) is 15.4. The Bertz CT molecular complexity index is 713. The van der Waals surface area contributed by atoms with Crippen LogP contribution in [0.3, 0.4) is 0 Å². The van der Waals surface area contributed by atoms with Gasteiger partial charge in [0.25, 0.3) is 0 Å². The molecule has 1 aromatic carbocycles. The van der Waals surface area contributed by atoms with Gasteiger partial charge in [0.05, 0.1) is 6.54 Å². The van der Waals surface area contributed by atoms with E-state index in [0.29, 0.717) is 6.54 Å². The first kappa shape index (κ1) is 17.5. The normalized spacial score (nSPS) is 16.8. The maximum atomic E-state index is 4.36. The van der Waals surface area contributed by atoms with Crippen LogP contribution in [0.2, 0.25) is 0 Å². The highest BCUT2D eigenvalue weighted by Gasteiger charge is 2.35. The minimum Gasteiger partial charge on any atom is -0.356 e. The van der Waals surface area contributed by atoms with Crippen molar-refractivity contribution in [1.82, 2.24) is 25.4 Å². The number of rotatable bonds is 5. The fourth-order valence-corrected chi connectivity index (χ4v) is 3.65. The molecule has 0 bridgehead atoms. The first-order valence-electron chi connectivity index (χ1n) is 8.99. The summed E-state index contributed by atoms with van der Waals surface area (Å²) in [4.78, 5) is 4.36. The average Bonchev–Trinajstić information content (AvgIpc) is 3.25. The van der Waals surface area contributed by atoms with Crippen molar-refractivity contribution in [1.29, 1.82) is 0 Å². The highest BCUT2D eigenvalue weighted by atomic mass is 15.3. The molecular weight excluding hydrogens is 312 g/mol. The molecule has 1 fully saturated rings. The third-order valence-corrected chi connectivity index (χ3v) is 5.36. The number of hydrogen-bond acceptors (Lipinski definition) is 3. The maximum Gasteiger partial charge on any atom is 0.191 e. The van der Waals surface area contributed by atoms with Crippen LogP contribution in [0.15, 0.2) is 35.3 Å². The summed E-state index contributed by atoms with van der Waals surface area (Å²) in [6.45, 7) is 3.46. The lowest BCUT2D eigenvalue weighted by Gasteiger charge is -2.30. The summed E-state index contributed by atoms with van der Waals surface area (Å²) in [6, 6.07) is 10.9. The topological polar surface area (TPSA) is 67.1 Å². The summed E-state index contributed by atoms with van der Waals surface area (Å²) in [7, 11) is 3.78. The fourth-order valence-electron chi connectivity index (χ4n) is 3.65. The summed E-state index contributed by atoms with van der Waals surface area (Å²) in [6.07, 6.45) is 5.04. The molecule has 0 unspecified atom stereocenters. The van der Waals surface area contributed by atoms with Gasteiger partial charge in [0.15, 0.2) is 11.8 Å². The highest BCUT2D eigenvalue weighted by Crippen LogP contribution is 2.40. The smallest absolute Gasteiger partial charge is 0.191 e. The van der Waals surface area contributed by atoms with Gasteiger partial charge in [0, 0.05) is 26.1 Å². The Balaban J connectivity index is 1.62. The van der Waals surface area contributed by atoms with Gasteiger partial charge in [0.1, 0.15) is 5.82 Å². The van der Waals surface area contributed by atoms with Crippen molar-refractivity contribution >= 4 is 5.96 Å². The predicted octanol–water partition coefficient (Wildman–Crippen LogP) is 2.30. The van der Waals surface area contributed by atoms with E-state index < -0.39 is 0 Å². The van der Waals surface area contributed by atoms with Gasteiger partial charge in [-0.25, -0.2) is 0 Å². The first-order chi connectivity index (χ1) is 12.1. The van der Waals surface area contributed by atoms with Crippen molar-refractivity contribution < 1.29 is 0 Å². The fraction of sp³-hybridized carbons (Fsp3) is 0.526. The first-order valence-corrected chi connectivity index (χ1v) is 8.99. The Hall–Kier alpha value is -2.37. The molecule has 6 heteroatoms. The van der Waals surface area contributed by atoms with E-state index in [-0.39, 0.29) is 5.41 Å². The van der Waals surface area contributed by atoms with Crippen molar-refractivity contribution in [2.45, 2.75) is 44.6 Å². The predicted molar refractivity (Wildman–Crippen MR) is 101 cm³/mol. The molecule has 0 spiro atoms. The Labute approximate surface area is 149 Å². The van der Waals surface area contributed by atoms with Gasteiger partial charge in [-0.1, -0.05) is 43.2 Å². The average molecular weight is 340 g/mol. The van der Waals surface area contributed by atoms with E-state index in [0.717, 1.165) is 24.2 Å². The summed E-state index contributed by atoms with van der Waals surface area (Å²) in [5, 5.41) is 15.2. The minimum atomic E-state index is 0.209. The lowest BCUT2D eigenvalue weighted by atomic mass is 9.79. The van der Waals surface area contributed by atoms with Crippen LogP contribution >= 0.6 is 0 Å². The van der Waals surface area contributed by atoms with Crippen LogP contribution < -0.4 is 10.6 Å². The zero-order chi connectivity index (χ0) is 17.7. The van der Waals surface area contributed by atoms with Crippen LogP contribution in [-0.4, -0.2) is 34.3 Å². The molecule has 134 valence electrons. The van der Waals surface area contributed by atoms with Crippen LogP contribution in [0.25, 0.3) is 0 Å². The van der Waals surface area contributed by atoms with Gasteiger partial charge in [-0.2, -0.15) is 0 Å². The molecule has 1 heterocycles. The molecule has 1 aliphatic carbocycles. The second kappa shape index (κ2) is 7.68. The number of benzene rings is 1. The quantitative estimate of drug-likeness (QED) is 0.647. The number of guanidine groups is 1. The van der Waals surface area contributed by atoms with Crippen molar-refractivity contribution in [3.63, 3.8) is 0 Å².